The average molecular weight is 349 g/mol. The van der Waals surface area contributed by atoms with Gasteiger partial charge < -0.3 is 5.32 Å². The molecular weight excluding hydrogens is 334 g/mol. The van der Waals surface area contributed by atoms with E-state index in [9.17, 15) is 4.79 Å². The summed E-state index contributed by atoms with van der Waals surface area (Å²) in [4.78, 5) is 11.5. The summed E-state index contributed by atoms with van der Waals surface area (Å²) in [7, 11) is 0. The summed E-state index contributed by atoms with van der Waals surface area (Å²) in [5.41, 5.74) is 0.763. The zero-order valence-electron chi connectivity index (χ0n) is 9.39. The summed E-state index contributed by atoms with van der Waals surface area (Å²) in [6, 6.07) is 7.98. The lowest BCUT2D eigenvalue weighted by Crippen LogP contribution is -2.41. The minimum absolute atomic E-state index is 0.0600. The molecular formula is C12H15Br2NO. The second kappa shape index (κ2) is 5.82. The number of amides is 1. The van der Waals surface area contributed by atoms with Gasteiger partial charge in [0, 0.05) is 16.2 Å². The van der Waals surface area contributed by atoms with Crippen molar-refractivity contribution in [2.45, 2.75) is 25.8 Å². The zero-order valence-corrected chi connectivity index (χ0v) is 12.6. The lowest BCUT2D eigenvalue weighted by molar-refractivity contribution is -0.122. The molecule has 0 unspecified atom stereocenters. The predicted molar refractivity (Wildman–Crippen MR) is 73.7 cm³/mol. The minimum atomic E-state index is -0.333. The van der Waals surface area contributed by atoms with Crippen molar-refractivity contribution < 1.29 is 4.79 Å². The molecule has 0 fully saturated rings. The molecule has 1 N–H and O–H groups in total. The van der Waals surface area contributed by atoms with Crippen LogP contribution < -0.4 is 5.32 Å². The molecule has 4 heteroatoms. The Morgan fingerprint density at radius 2 is 1.88 bits per heavy atom. The van der Waals surface area contributed by atoms with Crippen LogP contribution in [0.25, 0.3) is 0 Å². The first-order chi connectivity index (χ1) is 7.45. The maximum atomic E-state index is 11.5. The first kappa shape index (κ1) is 13.7. The SMILES string of the molecule is CC(C)(NC(=O)CCBr)c1ccc(Br)cc1. The van der Waals surface area contributed by atoms with Gasteiger partial charge in [-0.1, -0.05) is 44.0 Å². The summed E-state index contributed by atoms with van der Waals surface area (Å²) in [5.74, 6) is 0.0600. The third kappa shape index (κ3) is 3.91. The van der Waals surface area contributed by atoms with E-state index in [1.807, 2.05) is 38.1 Å². The molecule has 2 nitrogen and oxygen atoms in total. The maximum absolute atomic E-state index is 11.5. The maximum Gasteiger partial charge on any atom is 0.221 e. The van der Waals surface area contributed by atoms with Crippen LogP contribution >= 0.6 is 31.9 Å². The van der Waals surface area contributed by atoms with E-state index in [2.05, 4.69) is 37.2 Å². The first-order valence-electron chi connectivity index (χ1n) is 5.09. The predicted octanol–water partition coefficient (Wildman–Crippen LogP) is 3.59. The summed E-state index contributed by atoms with van der Waals surface area (Å²) < 4.78 is 1.04. The number of alkyl halides is 1. The molecule has 1 rings (SSSR count). The highest BCUT2D eigenvalue weighted by atomic mass is 79.9. The van der Waals surface area contributed by atoms with Gasteiger partial charge in [-0.15, -0.1) is 0 Å². The van der Waals surface area contributed by atoms with Crippen LogP contribution in [0.1, 0.15) is 25.8 Å². The van der Waals surface area contributed by atoms with Crippen LogP contribution in [0.4, 0.5) is 0 Å². The van der Waals surface area contributed by atoms with Gasteiger partial charge in [-0.25, -0.2) is 0 Å². The molecule has 1 amide bonds. The lowest BCUT2D eigenvalue weighted by Gasteiger charge is -2.27. The van der Waals surface area contributed by atoms with E-state index in [1.165, 1.54) is 0 Å². The standard InChI is InChI=1S/C12H15Br2NO/c1-12(2,15-11(16)7-8-13)9-3-5-10(14)6-4-9/h3-6H,7-8H2,1-2H3,(H,15,16). The fourth-order valence-electron chi connectivity index (χ4n) is 1.44. The van der Waals surface area contributed by atoms with E-state index >= 15 is 0 Å². The van der Waals surface area contributed by atoms with Crippen LogP contribution in [-0.2, 0) is 10.3 Å². The van der Waals surface area contributed by atoms with Crippen LogP contribution in [0.5, 0.6) is 0 Å². The molecule has 88 valence electrons. The molecule has 0 aliphatic rings. The largest absolute Gasteiger partial charge is 0.347 e. The molecule has 0 radical (unpaired) electrons. The van der Waals surface area contributed by atoms with Gasteiger partial charge >= 0.3 is 0 Å². The van der Waals surface area contributed by atoms with Gasteiger partial charge in [0.05, 0.1) is 5.54 Å². The summed E-state index contributed by atoms with van der Waals surface area (Å²) in [5, 5.41) is 3.70. The average Bonchev–Trinajstić information content (AvgIpc) is 2.17. The van der Waals surface area contributed by atoms with E-state index in [0.29, 0.717) is 11.8 Å². The van der Waals surface area contributed by atoms with E-state index in [4.69, 9.17) is 0 Å². The summed E-state index contributed by atoms with van der Waals surface area (Å²) in [6.45, 7) is 4.00. The number of carbonyl (C=O) groups is 1. The molecule has 0 atom stereocenters. The zero-order chi connectivity index (χ0) is 12.2. The van der Waals surface area contributed by atoms with E-state index in [1.54, 1.807) is 0 Å². The molecule has 1 aromatic rings. The van der Waals surface area contributed by atoms with Gasteiger partial charge in [0.1, 0.15) is 0 Å². The van der Waals surface area contributed by atoms with Crippen molar-refractivity contribution in [3.8, 4) is 0 Å². The number of carbonyl (C=O) groups excluding carboxylic acids is 1. The van der Waals surface area contributed by atoms with E-state index < -0.39 is 0 Å². The number of nitrogens with one attached hydrogen (secondary N) is 1. The Kier molecular flexibility index (Phi) is 4.99. The molecule has 0 bridgehead atoms. The van der Waals surface area contributed by atoms with Crippen molar-refractivity contribution in [1.82, 2.24) is 5.32 Å². The molecule has 0 saturated carbocycles. The highest BCUT2D eigenvalue weighted by Crippen LogP contribution is 2.22. The van der Waals surface area contributed by atoms with Gasteiger partial charge in [0.2, 0.25) is 5.91 Å². The van der Waals surface area contributed by atoms with Gasteiger partial charge in [-0.05, 0) is 31.5 Å². The van der Waals surface area contributed by atoms with Crippen molar-refractivity contribution in [2.75, 3.05) is 5.33 Å². The molecule has 16 heavy (non-hydrogen) atoms. The third-order valence-electron chi connectivity index (χ3n) is 2.34. The topological polar surface area (TPSA) is 29.1 Å². The van der Waals surface area contributed by atoms with E-state index in [0.717, 1.165) is 10.0 Å². The van der Waals surface area contributed by atoms with Crippen LogP contribution in [0.15, 0.2) is 28.7 Å². The number of hydrogen-bond donors (Lipinski definition) is 1. The van der Waals surface area contributed by atoms with Crippen LogP contribution in [0.2, 0.25) is 0 Å². The number of benzene rings is 1. The highest BCUT2D eigenvalue weighted by molar-refractivity contribution is 9.10. The molecule has 0 spiro atoms. The van der Waals surface area contributed by atoms with Crippen LogP contribution in [0.3, 0.4) is 0 Å². The van der Waals surface area contributed by atoms with Crippen LogP contribution in [-0.4, -0.2) is 11.2 Å². The summed E-state index contributed by atoms with van der Waals surface area (Å²) >= 11 is 6.65. The van der Waals surface area contributed by atoms with Crippen molar-refractivity contribution in [2.24, 2.45) is 0 Å². The molecule has 0 saturated heterocycles. The van der Waals surface area contributed by atoms with E-state index in [-0.39, 0.29) is 11.4 Å². The lowest BCUT2D eigenvalue weighted by atomic mass is 9.94. The van der Waals surface area contributed by atoms with Crippen LogP contribution in [0, 0.1) is 0 Å². The van der Waals surface area contributed by atoms with Gasteiger partial charge in [-0.2, -0.15) is 0 Å². The highest BCUT2D eigenvalue weighted by Gasteiger charge is 2.22. The Balaban J connectivity index is 2.76. The molecule has 0 aromatic heterocycles. The normalized spacial score (nSPS) is 11.2. The molecule has 1 aromatic carbocycles. The quantitative estimate of drug-likeness (QED) is 0.828. The first-order valence-corrected chi connectivity index (χ1v) is 7.00. The Morgan fingerprint density at radius 1 is 1.31 bits per heavy atom. The fraction of sp³-hybridized carbons (Fsp3) is 0.417. The summed E-state index contributed by atoms with van der Waals surface area (Å²) in [6.07, 6.45) is 0.500. The Morgan fingerprint density at radius 3 is 2.38 bits per heavy atom. The Hall–Kier alpha value is -0.350. The second-order valence-electron chi connectivity index (χ2n) is 4.12. The molecule has 0 heterocycles. The smallest absolute Gasteiger partial charge is 0.221 e. The number of hydrogen-bond acceptors (Lipinski definition) is 1. The Bertz CT molecular complexity index is 360. The second-order valence-corrected chi connectivity index (χ2v) is 5.83. The minimum Gasteiger partial charge on any atom is -0.347 e. The molecule has 0 aliphatic carbocycles. The van der Waals surface area contributed by atoms with Gasteiger partial charge in [0.25, 0.3) is 0 Å². The Labute approximate surface area is 113 Å². The van der Waals surface area contributed by atoms with Gasteiger partial charge in [0.15, 0.2) is 0 Å². The monoisotopic (exact) mass is 347 g/mol. The van der Waals surface area contributed by atoms with Gasteiger partial charge in [-0.3, -0.25) is 4.79 Å². The third-order valence-corrected chi connectivity index (χ3v) is 3.26. The van der Waals surface area contributed by atoms with Crippen molar-refractivity contribution in [1.29, 1.82) is 0 Å². The number of halogens is 2. The van der Waals surface area contributed by atoms with Crippen molar-refractivity contribution >= 4 is 37.8 Å². The van der Waals surface area contributed by atoms with Crippen molar-refractivity contribution in [3.05, 3.63) is 34.3 Å². The van der Waals surface area contributed by atoms with Crippen molar-refractivity contribution in [3.63, 3.8) is 0 Å². The number of rotatable bonds is 4. The molecule has 0 aliphatic heterocycles. The fourth-order valence-corrected chi connectivity index (χ4v) is 2.06.